The Morgan fingerprint density at radius 1 is 1.29 bits per heavy atom. The van der Waals surface area contributed by atoms with E-state index >= 15 is 0 Å². The molecule has 7 heteroatoms. The normalized spacial score (nSPS) is 10.4. The third kappa shape index (κ3) is 3.44. The predicted molar refractivity (Wildman–Crippen MR) is 76.2 cm³/mol. The van der Waals surface area contributed by atoms with E-state index in [1.165, 1.54) is 10.9 Å². The molecule has 7 nitrogen and oxygen atoms in total. The number of hydrogen-bond acceptors (Lipinski definition) is 4. The van der Waals surface area contributed by atoms with Crippen molar-refractivity contribution in [1.29, 1.82) is 0 Å². The zero-order valence-electron chi connectivity index (χ0n) is 11.9. The highest BCUT2D eigenvalue weighted by atomic mass is 16.4. The second-order valence-corrected chi connectivity index (χ2v) is 4.58. The number of aryl methyl sites for hydroxylation is 1. The van der Waals surface area contributed by atoms with Crippen LogP contribution in [0.4, 0.5) is 5.69 Å². The molecule has 0 atom stereocenters. The molecule has 1 aromatic heterocycles. The van der Waals surface area contributed by atoms with Gasteiger partial charge in [-0.2, -0.15) is 0 Å². The number of rotatable bonds is 5. The van der Waals surface area contributed by atoms with Gasteiger partial charge in [0.25, 0.3) is 0 Å². The molecule has 1 aromatic carbocycles. The van der Waals surface area contributed by atoms with Crippen LogP contribution in [0.15, 0.2) is 30.5 Å². The molecular formula is C14H16N4O3. The van der Waals surface area contributed by atoms with Crippen LogP contribution < -0.4 is 4.90 Å². The smallest absolute Gasteiger partial charge is 0.358 e. The van der Waals surface area contributed by atoms with Gasteiger partial charge in [0, 0.05) is 12.2 Å². The molecule has 0 unspecified atom stereocenters. The first-order valence-corrected chi connectivity index (χ1v) is 6.51. The Hall–Kier alpha value is -2.70. The molecule has 1 heterocycles. The maximum atomic E-state index is 12.3. The van der Waals surface area contributed by atoms with Gasteiger partial charge in [-0.1, -0.05) is 22.9 Å². The minimum atomic E-state index is -1.17. The lowest BCUT2D eigenvalue weighted by Crippen LogP contribution is -2.33. The highest BCUT2D eigenvalue weighted by Gasteiger charge is 2.16. The number of nitrogens with zero attached hydrogens (tertiary/aromatic N) is 4. The van der Waals surface area contributed by atoms with Crippen molar-refractivity contribution in [3.05, 3.63) is 41.7 Å². The largest absolute Gasteiger partial charge is 0.476 e. The van der Waals surface area contributed by atoms with E-state index in [4.69, 9.17) is 5.11 Å². The van der Waals surface area contributed by atoms with Crippen molar-refractivity contribution < 1.29 is 14.7 Å². The van der Waals surface area contributed by atoms with Crippen molar-refractivity contribution >= 4 is 17.6 Å². The fourth-order valence-corrected chi connectivity index (χ4v) is 1.93. The third-order valence-electron chi connectivity index (χ3n) is 3.02. The van der Waals surface area contributed by atoms with E-state index in [0.29, 0.717) is 6.54 Å². The van der Waals surface area contributed by atoms with E-state index in [-0.39, 0.29) is 18.1 Å². The Kier molecular flexibility index (Phi) is 4.32. The molecule has 0 bridgehead atoms. The Morgan fingerprint density at radius 3 is 2.48 bits per heavy atom. The minimum Gasteiger partial charge on any atom is -0.476 e. The van der Waals surface area contributed by atoms with E-state index in [1.807, 2.05) is 38.1 Å². The molecular weight excluding hydrogens is 272 g/mol. The summed E-state index contributed by atoms with van der Waals surface area (Å²) in [5.74, 6) is -1.34. The Bertz CT molecular complexity index is 648. The predicted octanol–water partition coefficient (Wildman–Crippen LogP) is 1.34. The third-order valence-corrected chi connectivity index (χ3v) is 3.02. The van der Waals surface area contributed by atoms with E-state index in [1.54, 1.807) is 4.90 Å². The van der Waals surface area contributed by atoms with E-state index in [0.717, 1.165) is 11.3 Å². The van der Waals surface area contributed by atoms with Gasteiger partial charge in [-0.15, -0.1) is 5.10 Å². The number of carbonyl (C=O) groups is 2. The number of carboxylic acid groups (broad SMARTS) is 1. The van der Waals surface area contributed by atoms with Crippen molar-refractivity contribution in [2.75, 3.05) is 11.4 Å². The van der Waals surface area contributed by atoms with Crippen LogP contribution >= 0.6 is 0 Å². The lowest BCUT2D eigenvalue weighted by atomic mass is 10.2. The van der Waals surface area contributed by atoms with Gasteiger partial charge in [-0.05, 0) is 26.0 Å². The van der Waals surface area contributed by atoms with Gasteiger partial charge >= 0.3 is 5.97 Å². The van der Waals surface area contributed by atoms with Crippen molar-refractivity contribution in [2.24, 2.45) is 0 Å². The first-order chi connectivity index (χ1) is 10.0. The molecule has 0 aliphatic carbocycles. The molecule has 21 heavy (non-hydrogen) atoms. The van der Waals surface area contributed by atoms with Crippen LogP contribution in [0.25, 0.3) is 0 Å². The monoisotopic (exact) mass is 288 g/mol. The maximum Gasteiger partial charge on any atom is 0.358 e. The first kappa shape index (κ1) is 14.7. The molecule has 0 saturated carbocycles. The summed E-state index contributed by atoms with van der Waals surface area (Å²) >= 11 is 0. The number of carboxylic acids is 1. The van der Waals surface area contributed by atoms with Crippen LogP contribution in [0.5, 0.6) is 0 Å². The van der Waals surface area contributed by atoms with Gasteiger partial charge in [0.15, 0.2) is 5.69 Å². The van der Waals surface area contributed by atoms with Gasteiger partial charge in [-0.3, -0.25) is 4.79 Å². The van der Waals surface area contributed by atoms with Gasteiger partial charge in [-0.25, -0.2) is 9.48 Å². The number of anilines is 1. The van der Waals surface area contributed by atoms with E-state index in [2.05, 4.69) is 10.3 Å². The zero-order valence-corrected chi connectivity index (χ0v) is 11.9. The summed E-state index contributed by atoms with van der Waals surface area (Å²) in [4.78, 5) is 24.6. The quantitative estimate of drug-likeness (QED) is 0.896. The zero-order chi connectivity index (χ0) is 15.4. The minimum absolute atomic E-state index is 0.0536. The van der Waals surface area contributed by atoms with E-state index < -0.39 is 5.97 Å². The summed E-state index contributed by atoms with van der Waals surface area (Å²) in [5, 5.41) is 15.9. The average molecular weight is 288 g/mol. The van der Waals surface area contributed by atoms with Gasteiger partial charge < -0.3 is 10.0 Å². The molecule has 2 rings (SSSR count). The molecule has 0 aliphatic heterocycles. The van der Waals surface area contributed by atoms with Gasteiger partial charge in [0.1, 0.15) is 6.54 Å². The Balaban J connectivity index is 2.12. The molecule has 0 aliphatic rings. The van der Waals surface area contributed by atoms with Gasteiger partial charge in [0.05, 0.1) is 6.20 Å². The fourth-order valence-electron chi connectivity index (χ4n) is 1.93. The number of likely N-dealkylation sites (N-methyl/N-ethyl adjacent to an activating group) is 1. The molecule has 1 N–H and O–H groups in total. The van der Waals surface area contributed by atoms with Crippen LogP contribution in [0.3, 0.4) is 0 Å². The molecule has 0 radical (unpaired) electrons. The summed E-state index contributed by atoms with van der Waals surface area (Å²) in [7, 11) is 0. The van der Waals surface area contributed by atoms with E-state index in [9.17, 15) is 9.59 Å². The summed E-state index contributed by atoms with van der Waals surface area (Å²) in [5.41, 5.74) is 1.73. The molecule has 0 saturated heterocycles. The molecule has 0 spiro atoms. The van der Waals surface area contributed by atoms with Crippen LogP contribution in [0.1, 0.15) is 23.0 Å². The number of hydrogen-bond donors (Lipinski definition) is 1. The maximum absolute atomic E-state index is 12.3. The van der Waals surface area contributed by atoms with Crippen molar-refractivity contribution in [1.82, 2.24) is 15.0 Å². The second kappa shape index (κ2) is 6.17. The fraction of sp³-hybridized carbons (Fsp3) is 0.286. The summed E-state index contributed by atoms with van der Waals surface area (Å²) < 4.78 is 1.22. The van der Waals surface area contributed by atoms with Crippen molar-refractivity contribution in [2.45, 2.75) is 20.4 Å². The average Bonchev–Trinajstić information content (AvgIpc) is 2.90. The summed E-state index contributed by atoms with van der Waals surface area (Å²) in [6.45, 7) is 4.32. The number of benzene rings is 1. The lowest BCUT2D eigenvalue weighted by molar-refractivity contribution is -0.119. The molecule has 1 amide bonds. The van der Waals surface area contributed by atoms with Crippen LogP contribution in [0.2, 0.25) is 0 Å². The highest BCUT2D eigenvalue weighted by molar-refractivity contribution is 5.93. The summed E-state index contributed by atoms with van der Waals surface area (Å²) in [6, 6.07) is 7.62. The lowest BCUT2D eigenvalue weighted by Gasteiger charge is -2.21. The first-order valence-electron chi connectivity index (χ1n) is 6.51. The standard InChI is InChI=1S/C14H16N4O3/c1-3-18(11-6-4-10(2)5-7-11)13(19)9-17-8-12(14(20)21)15-16-17/h4-8H,3,9H2,1-2H3,(H,20,21). The van der Waals surface area contributed by atoms with Crippen molar-refractivity contribution in [3.8, 4) is 0 Å². The van der Waals surface area contributed by atoms with Crippen molar-refractivity contribution in [3.63, 3.8) is 0 Å². The van der Waals surface area contributed by atoms with Gasteiger partial charge in [0.2, 0.25) is 5.91 Å². The number of amides is 1. The number of aromatic carboxylic acids is 1. The second-order valence-electron chi connectivity index (χ2n) is 4.58. The molecule has 110 valence electrons. The summed E-state index contributed by atoms with van der Waals surface area (Å²) in [6.07, 6.45) is 1.24. The Morgan fingerprint density at radius 2 is 1.95 bits per heavy atom. The number of aromatic nitrogens is 3. The highest BCUT2D eigenvalue weighted by Crippen LogP contribution is 2.15. The van der Waals surface area contributed by atoms with Crippen LogP contribution in [0, 0.1) is 6.92 Å². The molecule has 0 fully saturated rings. The molecule has 2 aromatic rings. The van der Waals surface area contributed by atoms with Crippen LogP contribution in [-0.4, -0.2) is 38.5 Å². The Labute approximate surface area is 121 Å². The SMILES string of the molecule is CCN(C(=O)Cn1cc(C(=O)O)nn1)c1ccc(C)cc1. The van der Waals surface area contributed by atoms with Crippen LogP contribution in [-0.2, 0) is 11.3 Å². The number of carbonyl (C=O) groups excluding carboxylic acids is 1. The topological polar surface area (TPSA) is 88.3 Å².